The minimum atomic E-state index is -2.82. The van der Waals surface area contributed by atoms with Crippen molar-refractivity contribution in [1.29, 1.82) is 0 Å². The highest BCUT2D eigenvalue weighted by atomic mass is 32.2. The lowest BCUT2D eigenvalue weighted by Gasteiger charge is -2.21. The second kappa shape index (κ2) is 4.31. The maximum absolute atomic E-state index is 11.4. The fraction of sp³-hybridized carbons (Fsp3) is 0.818. The Kier molecular flexibility index (Phi) is 2.90. The summed E-state index contributed by atoms with van der Waals surface area (Å²) in [6, 6.07) is 0.115. The number of hydrogen-bond acceptors (Lipinski definition) is 5. The van der Waals surface area contributed by atoms with Crippen molar-refractivity contribution in [2.24, 2.45) is 0 Å². The summed E-state index contributed by atoms with van der Waals surface area (Å²) in [5, 5.41) is 7.16. The Morgan fingerprint density at radius 3 is 2.78 bits per heavy atom. The van der Waals surface area contributed by atoms with Gasteiger partial charge in [-0.05, 0) is 26.3 Å². The molecule has 6 nitrogen and oxygen atoms in total. The maximum atomic E-state index is 11.4. The van der Waals surface area contributed by atoms with E-state index >= 15 is 0 Å². The first kappa shape index (κ1) is 12.1. The summed E-state index contributed by atoms with van der Waals surface area (Å²) in [4.78, 5) is 6.52. The topological polar surface area (TPSA) is 79.0 Å². The zero-order valence-electron chi connectivity index (χ0n) is 10.5. The summed E-state index contributed by atoms with van der Waals surface area (Å²) in [5.74, 6) is 2.88. The third-order valence-electron chi connectivity index (χ3n) is 3.72. The molecule has 2 aliphatic rings. The maximum Gasteiger partial charge on any atom is 0.153 e. The van der Waals surface area contributed by atoms with Crippen molar-refractivity contribution in [3.63, 3.8) is 0 Å². The molecule has 1 aliphatic heterocycles. The van der Waals surface area contributed by atoms with Gasteiger partial charge in [0.1, 0.15) is 5.82 Å². The van der Waals surface area contributed by atoms with Gasteiger partial charge in [0.2, 0.25) is 0 Å². The van der Waals surface area contributed by atoms with Crippen molar-refractivity contribution in [3.05, 3.63) is 11.6 Å². The van der Waals surface area contributed by atoms with E-state index in [1.807, 2.05) is 7.05 Å². The van der Waals surface area contributed by atoms with E-state index in [9.17, 15) is 8.42 Å². The van der Waals surface area contributed by atoms with Crippen LogP contribution in [0, 0.1) is 0 Å². The van der Waals surface area contributed by atoms with Gasteiger partial charge in [-0.3, -0.25) is 10.00 Å². The summed E-state index contributed by atoms with van der Waals surface area (Å²) < 4.78 is 22.9. The zero-order valence-corrected chi connectivity index (χ0v) is 11.3. The van der Waals surface area contributed by atoms with Crippen LogP contribution in [-0.2, 0) is 16.4 Å². The molecule has 1 aromatic heterocycles. The highest BCUT2D eigenvalue weighted by molar-refractivity contribution is 7.91. The predicted molar refractivity (Wildman–Crippen MR) is 66.9 cm³/mol. The average molecular weight is 270 g/mol. The van der Waals surface area contributed by atoms with Crippen LogP contribution in [0.25, 0.3) is 0 Å². The Bertz CT molecular complexity index is 535. The van der Waals surface area contributed by atoms with Crippen LogP contribution in [0.3, 0.4) is 0 Å². The number of nitrogens with one attached hydrogen (secondary N) is 1. The summed E-state index contributed by atoms with van der Waals surface area (Å²) in [6.07, 6.45) is 3.10. The third-order valence-corrected chi connectivity index (χ3v) is 5.47. The van der Waals surface area contributed by atoms with Crippen LogP contribution in [-0.4, -0.2) is 53.1 Å². The molecule has 7 heteroatoms. The van der Waals surface area contributed by atoms with Gasteiger partial charge in [-0.25, -0.2) is 13.4 Å². The fourth-order valence-electron chi connectivity index (χ4n) is 2.39. The predicted octanol–water partition coefficient (Wildman–Crippen LogP) is 0.301. The monoisotopic (exact) mass is 270 g/mol. The lowest BCUT2D eigenvalue weighted by Crippen LogP contribution is -2.32. The van der Waals surface area contributed by atoms with Crippen molar-refractivity contribution in [2.75, 3.05) is 18.6 Å². The first-order chi connectivity index (χ1) is 8.53. The number of nitrogens with zero attached hydrogens (tertiary/aromatic N) is 3. The Labute approximate surface area is 107 Å². The second-order valence-electron chi connectivity index (χ2n) is 5.39. The van der Waals surface area contributed by atoms with Crippen LogP contribution in [0.1, 0.15) is 36.8 Å². The van der Waals surface area contributed by atoms with E-state index in [-0.39, 0.29) is 11.8 Å². The Hall–Kier alpha value is -0.950. The molecule has 1 aromatic rings. The van der Waals surface area contributed by atoms with E-state index in [2.05, 4.69) is 20.1 Å². The first-order valence-corrected chi connectivity index (χ1v) is 8.17. The van der Waals surface area contributed by atoms with Crippen molar-refractivity contribution < 1.29 is 8.42 Å². The van der Waals surface area contributed by atoms with Crippen LogP contribution in [0.5, 0.6) is 0 Å². The van der Waals surface area contributed by atoms with Gasteiger partial charge in [-0.2, -0.15) is 5.10 Å². The minimum absolute atomic E-state index is 0.115. The molecular formula is C11H18N4O2S. The van der Waals surface area contributed by atoms with Gasteiger partial charge < -0.3 is 0 Å². The average Bonchev–Trinajstić information content (AvgIpc) is 2.95. The van der Waals surface area contributed by atoms with Crippen molar-refractivity contribution in [1.82, 2.24) is 20.1 Å². The van der Waals surface area contributed by atoms with Gasteiger partial charge in [-0.1, -0.05) is 0 Å². The molecule has 0 spiro atoms. The zero-order chi connectivity index (χ0) is 12.8. The van der Waals surface area contributed by atoms with Gasteiger partial charge in [0.25, 0.3) is 0 Å². The summed E-state index contributed by atoms with van der Waals surface area (Å²) in [5.41, 5.74) is 0. The van der Waals surface area contributed by atoms with E-state index in [0.717, 1.165) is 18.1 Å². The van der Waals surface area contributed by atoms with Crippen molar-refractivity contribution in [2.45, 2.75) is 37.8 Å². The summed E-state index contributed by atoms with van der Waals surface area (Å²) in [7, 11) is -0.870. The summed E-state index contributed by atoms with van der Waals surface area (Å²) >= 11 is 0. The number of aromatic nitrogens is 3. The molecule has 1 N–H and O–H groups in total. The molecule has 100 valence electrons. The SMILES string of the molecule is CN(Cc1nc(C2CC2)n[nH]1)[C@H]1CCS(=O)(=O)C1. The molecule has 3 rings (SSSR count). The number of H-pyrrole nitrogens is 1. The van der Waals surface area contributed by atoms with Crippen LogP contribution >= 0.6 is 0 Å². The number of rotatable bonds is 4. The van der Waals surface area contributed by atoms with E-state index in [1.165, 1.54) is 12.8 Å². The minimum Gasteiger partial charge on any atom is -0.295 e. The molecule has 1 saturated heterocycles. The number of hydrogen-bond donors (Lipinski definition) is 1. The van der Waals surface area contributed by atoms with Crippen molar-refractivity contribution in [3.8, 4) is 0 Å². The molecule has 0 amide bonds. The molecule has 2 heterocycles. The molecule has 1 atom stereocenters. The Morgan fingerprint density at radius 2 is 2.17 bits per heavy atom. The molecule has 0 unspecified atom stereocenters. The first-order valence-electron chi connectivity index (χ1n) is 6.35. The molecule has 0 bridgehead atoms. The molecule has 2 fully saturated rings. The lowest BCUT2D eigenvalue weighted by molar-refractivity contribution is 0.248. The van der Waals surface area contributed by atoms with Gasteiger partial charge in [0, 0.05) is 12.0 Å². The molecule has 0 radical (unpaired) electrons. The lowest BCUT2D eigenvalue weighted by atomic mass is 10.2. The van der Waals surface area contributed by atoms with Crippen molar-refractivity contribution >= 4 is 9.84 Å². The normalized spacial score (nSPS) is 26.9. The fourth-order valence-corrected chi connectivity index (χ4v) is 4.20. The van der Waals surface area contributed by atoms with E-state index in [1.54, 1.807) is 0 Å². The molecule has 0 aromatic carbocycles. The number of aromatic amines is 1. The van der Waals surface area contributed by atoms with Gasteiger partial charge >= 0.3 is 0 Å². The Balaban J connectivity index is 1.61. The standard InChI is InChI=1S/C11H18N4O2S/c1-15(9-4-5-18(16,17)7-9)6-10-12-11(14-13-10)8-2-3-8/h8-9H,2-7H2,1H3,(H,12,13,14)/t9-/m0/s1. The molecule has 18 heavy (non-hydrogen) atoms. The largest absolute Gasteiger partial charge is 0.295 e. The van der Waals surface area contributed by atoms with Gasteiger partial charge in [-0.15, -0.1) is 0 Å². The molecule has 1 aliphatic carbocycles. The Morgan fingerprint density at radius 1 is 1.39 bits per heavy atom. The second-order valence-corrected chi connectivity index (χ2v) is 7.62. The highest BCUT2D eigenvalue weighted by Crippen LogP contribution is 2.37. The van der Waals surface area contributed by atoms with E-state index in [4.69, 9.17) is 0 Å². The third kappa shape index (κ3) is 2.56. The van der Waals surface area contributed by atoms with Gasteiger partial charge in [0.05, 0.1) is 18.1 Å². The van der Waals surface area contributed by atoms with E-state index in [0.29, 0.717) is 18.2 Å². The van der Waals surface area contributed by atoms with Crippen LogP contribution in [0.15, 0.2) is 0 Å². The smallest absolute Gasteiger partial charge is 0.153 e. The summed E-state index contributed by atoms with van der Waals surface area (Å²) in [6.45, 7) is 0.639. The van der Waals surface area contributed by atoms with Crippen LogP contribution in [0.2, 0.25) is 0 Å². The van der Waals surface area contributed by atoms with Gasteiger partial charge in [0.15, 0.2) is 15.7 Å². The van der Waals surface area contributed by atoms with E-state index < -0.39 is 9.84 Å². The van der Waals surface area contributed by atoms with Crippen LogP contribution in [0.4, 0.5) is 0 Å². The van der Waals surface area contributed by atoms with Crippen LogP contribution < -0.4 is 0 Å². The molecular weight excluding hydrogens is 252 g/mol. The number of sulfone groups is 1. The molecule has 1 saturated carbocycles. The highest BCUT2D eigenvalue weighted by Gasteiger charge is 2.31. The quantitative estimate of drug-likeness (QED) is 0.851.